The number of nitrogens with zero attached hydrogens (tertiary/aromatic N) is 2. The molecule has 0 radical (unpaired) electrons. The highest BCUT2D eigenvalue weighted by Gasteiger charge is 2.30. The summed E-state index contributed by atoms with van der Waals surface area (Å²) in [6.07, 6.45) is 1.76. The zero-order chi connectivity index (χ0) is 11.6. The van der Waals surface area contributed by atoms with E-state index in [1.165, 1.54) is 5.56 Å². The van der Waals surface area contributed by atoms with E-state index >= 15 is 0 Å². The Kier molecular flexibility index (Phi) is 3.47. The topological polar surface area (TPSA) is 25.4 Å². The third-order valence-electron chi connectivity index (χ3n) is 2.98. The molecule has 4 heteroatoms. The lowest BCUT2D eigenvalue weighted by Gasteiger charge is -2.42. The minimum Gasteiger partial charge on any atom is -0.378 e. The standard InChI is InChI=1S/C12H17ClN2O/c1-12(2)9-16-6-5-15(12)8-10-3-4-14-11(13)7-10/h3-4,7H,5-6,8-9H2,1-2H3. The van der Waals surface area contributed by atoms with Crippen molar-refractivity contribution >= 4 is 11.6 Å². The molecule has 0 atom stereocenters. The summed E-state index contributed by atoms with van der Waals surface area (Å²) in [5, 5.41) is 0.559. The molecule has 88 valence electrons. The Bertz CT molecular complexity index is 368. The average Bonchev–Trinajstić information content (AvgIpc) is 2.21. The fourth-order valence-electron chi connectivity index (χ4n) is 1.95. The van der Waals surface area contributed by atoms with Crippen LogP contribution in [0.1, 0.15) is 19.4 Å². The summed E-state index contributed by atoms with van der Waals surface area (Å²) in [7, 11) is 0. The Balaban J connectivity index is 2.08. The average molecular weight is 241 g/mol. The van der Waals surface area contributed by atoms with E-state index in [9.17, 15) is 0 Å². The van der Waals surface area contributed by atoms with Crippen LogP contribution >= 0.6 is 11.6 Å². The summed E-state index contributed by atoms with van der Waals surface area (Å²) in [6.45, 7) is 7.86. The highest BCUT2D eigenvalue weighted by atomic mass is 35.5. The fourth-order valence-corrected chi connectivity index (χ4v) is 2.14. The second kappa shape index (κ2) is 4.70. The minimum atomic E-state index is 0.0913. The van der Waals surface area contributed by atoms with Crippen LogP contribution in [-0.4, -0.2) is 35.2 Å². The molecular formula is C12H17ClN2O. The quantitative estimate of drug-likeness (QED) is 0.742. The summed E-state index contributed by atoms with van der Waals surface area (Å²) >= 11 is 5.88. The van der Waals surface area contributed by atoms with Crippen molar-refractivity contribution in [3.8, 4) is 0 Å². The van der Waals surface area contributed by atoms with Crippen molar-refractivity contribution in [2.75, 3.05) is 19.8 Å². The first-order chi connectivity index (χ1) is 7.58. The van der Waals surface area contributed by atoms with Gasteiger partial charge in [-0.25, -0.2) is 4.98 Å². The second-order valence-electron chi connectivity index (χ2n) is 4.77. The number of morpholine rings is 1. The highest BCUT2D eigenvalue weighted by molar-refractivity contribution is 6.29. The van der Waals surface area contributed by atoms with Gasteiger partial charge in [0.2, 0.25) is 0 Å². The maximum atomic E-state index is 5.88. The van der Waals surface area contributed by atoms with Crippen molar-refractivity contribution in [2.24, 2.45) is 0 Å². The number of hydrogen-bond acceptors (Lipinski definition) is 3. The molecule has 0 unspecified atom stereocenters. The van der Waals surface area contributed by atoms with Gasteiger partial charge in [-0.15, -0.1) is 0 Å². The summed E-state index contributed by atoms with van der Waals surface area (Å²) in [4.78, 5) is 6.41. The first-order valence-corrected chi connectivity index (χ1v) is 5.89. The predicted molar refractivity (Wildman–Crippen MR) is 64.6 cm³/mol. The Morgan fingerprint density at radius 3 is 3.06 bits per heavy atom. The largest absolute Gasteiger partial charge is 0.378 e. The van der Waals surface area contributed by atoms with Crippen LogP contribution < -0.4 is 0 Å². The molecule has 0 saturated carbocycles. The van der Waals surface area contributed by atoms with Gasteiger partial charge < -0.3 is 4.74 Å². The Morgan fingerprint density at radius 2 is 2.38 bits per heavy atom. The van der Waals surface area contributed by atoms with Gasteiger partial charge in [0, 0.05) is 24.8 Å². The molecule has 0 amide bonds. The Labute approximate surface area is 101 Å². The van der Waals surface area contributed by atoms with Crippen molar-refractivity contribution in [3.05, 3.63) is 29.0 Å². The molecule has 2 heterocycles. The van der Waals surface area contributed by atoms with Crippen LogP contribution in [0.15, 0.2) is 18.3 Å². The molecule has 3 nitrogen and oxygen atoms in total. The number of ether oxygens (including phenoxy) is 1. The molecule has 0 aliphatic carbocycles. The predicted octanol–water partition coefficient (Wildman–Crippen LogP) is 2.35. The van der Waals surface area contributed by atoms with Gasteiger partial charge in [-0.05, 0) is 31.5 Å². The third-order valence-corrected chi connectivity index (χ3v) is 3.19. The first-order valence-electron chi connectivity index (χ1n) is 5.51. The monoisotopic (exact) mass is 240 g/mol. The van der Waals surface area contributed by atoms with E-state index in [-0.39, 0.29) is 5.54 Å². The van der Waals surface area contributed by atoms with Gasteiger partial charge in [0.05, 0.1) is 13.2 Å². The van der Waals surface area contributed by atoms with Gasteiger partial charge in [-0.1, -0.05) is 11.6 Å². The molecule has 2 rings (SSSR count). The van der Waals surface area contributed by atoms with E-state index in [0.29, 0.717) is 5.15 Å². The van der Waals surface area contributed by atoms with E-state index in [4.69, 9.17) is 16.3 Å². The van der Waals surface area contributed by atoms with Crippen LogP contribution in [0.4, 0.5) is 0 Å². The molecule has 1 aliphatic rings. The van der Waals surface area contributed by atoms with E-state index < -0.39 is 0 Å². The molecule has 16 heavy (non-hydrogen) atoms. The lowest BCUT2D eigenvalue weighted by Crippen LogP contribution is -2.52. The van der Waals surface area contributed by atoms with Crippen LogP contribution in [0.3, 0.4) is 0 Å². The Morgan fingerprint density at radius 1 is 1.56 bits per heavy atom. The molecule has 0 N–H and O–H groups in total. The van der Waals surface area contributed by atoms with Crippen molar-refractivity contribution in [3.63, 3.8) is 0 Å². The fraction of sp³-hybridized carbons (Fsp3) is 0.583. The number of aromatic nitrogens is 1. The van der Waals surface area contributed by atoms with Gasteiger partial charge in [0.15, 0.2) is 0 Å². The number of hydrogen-bond donors (Lipinski definition) is 0. The van der Waals surface area contributed by atoms with Crippen LogP contribution in [0.5, 0.6) is 0 Å². The van der Waals surface area contributed by atoms with Gasteiger partial charge in [0.1, 0.15) is 5.15 Å². The maximum Gasteiger partial charge on any atom is 0.129 e. The van der Waals surface area contributed by atoms with E-state index in [1.54, 1.807) is 6.20 Å². The third kappa shape index (κ3) is 2.73. The summed E-state index contributed by atoms with van der Waals surface area (Å²) in [5.41, 5.74) is 1.29. The zero-order valence-electron chi connectivity index (χ0n) is 9.74. The van der Waals surface area contributed by atoms with Gasteiger partial charge in [0.25, 0.3) is 0 Å². The molecule has 1 aromatic rings. The van der Waals surface area contributed by atoms with Crippen LogP contribution in [0.2, 0.25) is 5.15 Å². The van der Waals surface area contributed by atoms with Crippen LogP contribution in [0.25, 0.3) is 0 Å². The van der Waals surface area contributed by atoms with Gasteiger partial charge in [-0.3, -0.25) is 4.90 Å². The number of rotatable bonds is 2. The SMILES string of the molecule is CC1(C)COCCN1Cc1ccnc(Cl)c1. The molecule has 0 spiro atoms. The van der Waals surface area contributed by atoms with E-state index in [1.807, 2.05) is 12.1 Å². The first kappa shape index (κ1) is 11.8. The van der Waals surface area contributed by atoms with Gasteiger partial charge >= 0.3 is 0 Å². The zero-order valence-corrected chi connectivity index (χ0v) is 10.5. The lowest BCUT2D eigenvalue weighted by atomic mass is 10.0. The lowest BCUT2D eigenvalue weighted by molar-refractivity contribution is -0.0552. The number of pyridine rings is 1. The van der Waals surface area contributed by atoms with Crippen molar-refractivity contribution in [1.82, 2.24) is 9.88 Å². The highest BCUT2D eigenvalue weighted by Crippen LogP contribution is 2.22. The van der Waals surface area contributed by atoms with Crippen molar-refractivity contribution in [1.29, 1.82) is 0 Å². The van der Waals surface area contributed by atoms with E-state index in [2.05, 4.69) is 23.7 Å². The normalized spacial score (nSPS) is 20.9. The molecular weight excluding hydrogens is 224 g/mol. The molecule has 0 aromatic carbocycles. The summed E-state index contributed by atoms with van der Waals surface area (Å²) in [5.74, 6) is 0. The molecule has 1 aliphatic heterocycles. The van der Waals surface area contributed by atoms with Gasteiger partial charge in [-0.2, -0.15) is 0 Å². The second-order valence-corrected chi connectivity index (χ2v) is 5.16. The maximum absolute atomic E-state index is 5.88. The molecule has 1 saturated heterocycles. The molecule has 0 bridgehead atoms. The molecule has 1 fully saturated rings. The summed E-state index contributed by atoms with van der Waals surface area (Å²) in [6, 6.07) is 3.94. The van der Waals surface area contributed by atoms with Crippen LogP contribution in [0, 0.1) is 0 Å². The van der Waals surface area contributed by atoms with Crippen LogP contribution in [-0.2, 0) is 11.3 Å². The Hall–Kier alpha value is -0.640. The summed E-state index contributed by atoms with van der Waals surface area (Å²) < 4.78 is 5.50. The molecule has 1 aromatic heterocycles. The smallest absolute Gasteiger partial charge is 0.129 e. The van der Waals surface area contributed by atoms with Crippen molar-refractivity contribution < 1.29 is 4.74 Å². The van der Waals surface area contributed by atoms with E-state index in [0.717, 1.165) is 26.3 Å². The minimum absolute atomic E-state index is 0.0913. The number of halogens is 1. The van der Waals surface area contributed by atoms with Crippen molar-refractivity contribution in [2.45, 2.75) is 25.9 Å².